The van der Waals surface area contributed by atoms with Crippen molar-refractivity contribution >= 4 is 0 Å². The van der Waals surface area contributed by atoms with Gasteiger partial charge >= 0.3 is 0 Å². The minimum atomic E-state index is 0.837. The first-order valence-electron chi connectivity index (χ1n) is 9.20. The van der Waals surface area contributed by atoms with E-state index in [1.165, 1.54) is 62.5 Å². The Morgan fingerprint density at radius 2 is 1.33 bits per heavy atom. The van der Waals surface area contributed by atoms with Gasteiger partial charge in [-0.1, -0.05) is 43.5 Å². The van der Waals surface area contributed by atoms with Gasteiger partial charge in [0.25, 0.3) is 0 Å². The molecule has 2 saturated carbocycles. The van der Waals surface area contributed by atoms with Crippen LogP contribution in [0.1, 0.15) is 80.9 Å². The van der Waals surface area contributed by atoms with Gasteiger partial charge in [-0.05, 0) is 87.2 Å². The highest BCUT2D eigenvalue weighted by Crippen LogP contribution is 2.44. The zero-order valence-electron chi connectivity index (χ0n) is 14.2. The van der Waals surface area contributed by atoms with Crippen molar-refractivity contribution in [2.75, 3.05) is 0 Å². The van der Waals surface area contributed by atoms with Crippen LogP contribution in [0.5, 0.6) is 0 Å². The van der Waals surface area contributed by atoms with Crippen LogP contribution in [0.3, 0.4) is 0 Å². The lowest BCUT2D eigenvalue weighted by atomic mass is 9.68. The standard InChI is InChI=1S/C21H32/c1-15-4-7-18(8-5-15)19-9-11-20(12-10-19)21-13-6-16(2)14-17(21)3/h6,13-15,18-20H,4-5,7-12H2,1-3H3. The lowest BCUT2D eigenvalue weighted by Gasteiger charge is -2.37. The maximum absolute atomic E-state index is 2.44. The zero-order valence-corrected chi connectivity index (χ0v) is 14.2. The fourth-order valence-electron chi connectivity index (χ4n) is 4.94. The average Bonchev–Trinajstić information content (AvgIpc) is 2.48. The van der Waals surface area contributed by atoms with E-state index in [4.69, 9.17) is 0 Å². The summed E-state index contributed by atoms with van der Waals surface area (Å²) in [6, 6.07) is 7.07. The molecule has 2 aliphatic carbocycles. The number of hydrogen-bond donors (Lipinski definition) is 0. The van der Waals surface area contributed by atoms with Gasteiger partial charge in [-0.2, -0.15) is 0 Å². The maximum atomic E-state index is 2.44. The van der Waals surface area contributed by atoms with E-state index in [0.717, 1.165) is 23.7 Å². The minimum absolute atomic E-state index is 0.837. The fourth-order valence-corrected chi connectivity index (χ4v) is 4.94. The van der Waals surface area contributed by atoms with Crippen molar-refractivity contribution in [3.63, 3.8) is 0 Å². The van der Waals surface area contributed by atoms with Gasteiger partial charge in [-0.25, -0.2) is 0 Å². The van der Waals surface area contributed by atoms with Crippen LogP contribution < -0.4 is 0 Å². The highest BCUT2D eigenvalue weighted by molar-refractivity contribution is 5.33. The van der Waals surface area contributed by atoms with E-state index in [9.17, 15) is 0 Å². The van der Waals surface area contributed by atoms with Crippen LogP contribution in [-0.4, -0.2) is 0 Å². The monoisotopic (exact) mass is 284 g/mol. The maximum Gasteiger partial charge on any atom is -0.0159 e. The van der Waals surface area contributed by atoms with E-state index < -0.39 is 0 Å². The third-order valence-corrected chi connectivity index (χ3v) is 6.36. The molecule has 116 valence electrons. The van der Waals surface area contributed by atoms with Gasteiger partial charge in [0.15, 0.2) is 0 Å². The van der Waals surface area contributed by atoms with Crippen LogP contribution in [0.4, 0.5) is 0 Å². The molecule has 1 aromatic rings. The molecule has 21 heavy (non-hydrogen) atoms. The van der Waals surface area contributed by atoms with Crippen molar-refractivity contribution in [2.24, 2.45) is 17.8 Å². The molecule has 2 aliphatic rings. The van der Waals surface area contributed by atoms with Crippen LogP contribution in [-0.2, 0) is 0 Å². The third-order valence-electron chi connectivity index (χ3n) is 6.36. The molecule has 0 unspecified atom stereocenters. The average molecular weight is 284 g/mol. The number of benzene rings is 1. The summed E-state index contributed by atoms with van der Waals surface area (Å²) >= 11 is 0. The molecule has 2 fully saturated rings. The van der Waals surface area contributed by atoms with Crippen LogP contribution >= 0.6 is 0 Å². The molecule has 0 radical (unpaired) electrons. The van der Waals surface area contributed by atoms with Gasteiger partial charge in [0.2, 0.25) is 0 Å². The molecular weight excluding hydrogens is 252 g/mol. The zero-order chi connectivity index (χ0) is 14.8. The summed E-state index contributed by atoms with van der Waals surface area (Å²) in [5.74, 6) is 3.93. The molecule has 0 nitrogen and oxygen atoms in total. The Balaban J connectivity index is 1.57. The summed E-state index contributed by atoms with van der Waals surface area (Å²) in [7, 11) is 0. The highest BCUT2D eigenvalue weighted by Gasteiger charge is 2.30. The molecule has 0 aliphatic heterocycles. The number of hydrogen-bond acceptors (Lipinski definition) is 0. The molecule has 0 aromatic heterocycles. The lowest BCUT2D eigenvalue weighted by Crippen LogP contribution is -2.25. The predicted molar refractivity (Wildman–Crippen MR) is 91.7 cm³/mol. The Labute approximate surface area is 131 Å². The van der Waals surface area contributed by atoms with Crippen LogP contribution in [0.2, 0.25) is 0 Å². The Bertz CT molecular complexity index is 457. The number of aryl methyl sites for hydroxylation is 2. The minimum Gasteiger partial charge on any atom is -0.0625 e. The van der Waals surface area contributed by atoms with E-state index in [2.05, 4.69) is 39.0 Å². The summed E-state index contributed by atoms with van der Waals surface area (Å²) in [5.41, 5.74) is 4.56. The summed E-state index contributed by atoms with van der Waals surface area (Å²) in [6.45, 7) is 6.95. The molecule has 0 heterocycles. The second-order valence-electron chi connectivity index (χ2n) is 7.99. The Morgan fingerprint density at radius 1 is 0.762 bits per heavy atom. The predicted octanol–water partition coefficient (Wildman–Crippen LogP) is 6.40. The first kappa shape index (κ1) is 15.1. The van der Waals surface area contributed by atoms with Crippen LogP contribution in [0.25, 0.3) is 0 Å². The first-order valence-corrected chi connectivity index (χ1v) is 9.20. The molecule has 0 N–H and O–H groups in total. The largest absolute Gasteiger partial charge is 0.0625 e. The van der Waals surface area contributed by atoms with Gasteiger partial charge in [-0.3, -0.25) is 0 Å². The van der Waals surface area contributed by atoms with Crippen molar-refractivity contribution in [3.05, 3.63) is 34.9 Å². The van der Waals surface area contributed by atoms with Crippen molar-refractivity contribution in [1.82, 2.24) is 0 Å². The van der Waals surface area contributed by atoms with E-state index in [1.54, 1.807) is 5.56 Å². The van der Waals surface area contributed by atoms with Gasteiger partial charge < -0.3 is 0 Å². The summed E-state index contributed by atoms with van der Waals surface area (Å²) in [6.07, 6.45) is 11.8. The Morgan fingerprint density at radius 3 is 1.90 bits per heavy atom. The van der Waals surface area contributed by atoms with Crippen molar-refractivity contribution in [2.45, 2.75) is 78.1 Å². The molecule has 0 amide bonds. The summed E-state index contributed by atoms with van der Waals surface area (Å²) < 4.78 is 0. The SMILES string of the molecule is Cc1ccc(C2CCC(C3CCC(C)CC3)CC2)c(C)c1. The van der Waals surface area contributed by atoms with Gasteiger partial charge in [0, 0.05) is 0 Å². The smallest absolute Gasteiger partial charge is 0.0159 e. The second-order valence-corrected chi connectivity index (χ2v) is 7.99. The molecule has 3 rings (SSSR count). The van der Waals surface area contributed by atoms with E-state index in [0.29, 0.717) is 0 Å². The normalized spacial score (nSPS) is 33.9. The quantitative estimate of drug-likeness (QED) is 0.589. The van der Waals surface area contributed by atoms with E-state index in [1.807, 2.05) is 0 Å². The third kappa shape index (κ3) is 3.52. The first-order chi connectivity index (χ1) is 10.1. The van der Waals surface area contributed by atoms with Crippen LogP contribution in [0, 0.1) is 31.6 Å². The molecular formula is C21H32. The Hall–Kier alpha value is -0.780. The summed E-state index contributed by atoms with van der Waals surface area (Å²) in [5, 5.41) is 0. The molecule has 0 heteroatoms. The topological polar surface area (TPSA) is 0 Å². The van der Waals surface area contributed by atoms with Crippen molar-refractivity contribution in [3.8, 4) is 0 Å². The molecule has 0 bridgehead atoms. The molecule has 0 spiro atoms. The van der Waals surface area contributed by atoms with E-state index in [-0.39, 0.29) is 0 Å². The summed E-state index contributed by atoms with van der Waals surface area (Å²) in [4.78, 5) is 0. The number of rotatable bonds is 2. The van der Waals surface area contributed by atoms with Crippen LogP contribution in [0.15, 0.2) is 18.2 Å². The highest BCUT2D eigenvalue weighted by atomic mass is 14.4. The Kier molecular flexibility index (Phi) is 4.72. The van der Waals surface area contributed by atoms with Gasteiger partial charge in [-0.15, -0.1) is 0 Å². The molecule has 1 aromatic carbocycles. The second kappa shape index (κ2) is 6.55. The van der Waals surface area contributed by atoms with E-state index >= 15 is 0 Å². The van der Waals surface area contributed by atoms with Crippen molar-refractivity contribution in [1.29, 1.82) is 0 Å². The lowest BCUT2D eigenvalue weighted by molar-refractivity contribution is 0.165. The molecule has 0 saturated heterocycles. The fraction of sp³-hybridized carbons (Fsp3) is 0.714. The van der Waals surface area contributed by atoms with Gasteiger partial charge in [0.1, 0.15) is 0 Å². The van der Waals surface area contributed by atoms with Gasteiger partial charge in [0.05, 0.1) is 0 Å². The van der Waals surface area contributed by atoms with Crippen molar-refractivity contribution < 1.29 is 0 Å². The molecule has 0 atom stereocenters.